The minimum absolute atomic E-state index is 0.0185. The van der Waals surface area contributed by atoms with Crippen LogP contribution < -0.4 is 10.6 Å². The van der Waals surface area contributed by atoms with E-state index >= 15 is 0 Å². The zero-order valence-electron chi connectivity index (χ0n) is 9.33. The van der Waals surface area contributed by atoms with Gasteiger partial charge in [-0.25, -0.2) is 0 Å². The summed E-state index contributed by atoms with van der Waals surface area (Å²) in [5.41, 5.74) is 0.748. The van der Waals surface area contributed by atoms with E-state index in [2.05, 4.69) is 15.8 Å². The zero-order valence-corrected chi connectivity index (χ0v) is 9.33. The van der Waals surface area contributed by atoms with Gasteiger partial charge in [-0.3, -0.25) is 4.79 Å². The second-order valence-corrected chi connectivity index (χ2v) is 3.61. The van der Waals surface area contributed by atoms with Crippen molar-refractivity contribution in [1.82, 2.24) is 15.8 Å². The number of rotatable bonds is 5. The van der Waals surface area contributed by atoms with Crippen LogP contribution in [0.4, 0.5) is 0 Å². The number of amides is 1. The van der Waals surface area contributed by atoms with Crippen LogP contribution in [0.2, 0.25) is 0 Å². The number of nitrogens with zero attached hydrogens (tertiary/aromatic N) is 1. The molecule has 5 nitrogen and oxygen atoms in total. The first-order chi connectivity index (χ1) is 7.13. The van der Waals surface area contributed by atoms with Gasteiger partial charge in [0, 0.05) is 18.5 Å². The molecule has 0 bridgehead atoms. The molecule has 1 atom stereocenters. The molecule has 15 heavy (non-hydrogen) atoms. The van der Waals surface area contributed by atoms with Crippen LogP contribution in [0, 0.1) is 12.8 Å². The molecule has 0 fully saturated rings. The van der Waals surface area contributed by atoms with Gasteiger partial charge in [-0.1, -0.05) is 12.1 Å². The number of aryl methyl sites for hydroxylation is 1. The molecule has 2 N–H and O–H groups in total. The molecule has 1 aromatic rings. The van der Waals surface area contributed by atoms with Crippen LogP contribution in [0.25, 0.3) is 0 Å². The van der Waals surface area contributed by atoms with Gasteiger partial charge >= 0.3 is 0 Å². The number of carbonyl (C=O) groups is 1. The highest BCUT2D eigenvalue weighted by molar-refractivity contribution is 5.78. The highest BCUT2D eigenvalue weighted by atomic mass is 16.5. The topological polar surface area (TPSA) is 67.2 Å². The van der Waals surface area contributed by atoms with Crippen LogP contribution in [0.3, 0.4) is 0 Å². The lowest BCUT2D eigenvalue weighted by Gasteiger charge is -2.09. The van der Waals surface area contributed by atoms with E-state index in [-0.39, 0.29) is 11.8 Å². The Balaban J connectivity index is 2.34. The molecule has 0 aliphatic heterocycles. The van der Waals surface area contributed by atoms with Crippen LogP contribution in [0.5, 0.6) is 0 Å². The van der Waals surface area contributed by atoms with Crippen molar-refractivity contribution in [2.45, 2.75) is 20.4 Å². The molecule has 1 rings (SSSR count). The van der Waals surface area contributed by atoms with Gasteiger partial charge in [0.2, 0.25) is 5.91 Å². The van der Waals surface area contributed by atoms with Crippen molar-refractivity contribution >= 4 is 5.91 Å². The van der Waals surface area contributed by atoms with Crippen LogP contribution >= 0.6 is 0 Å². The highest BCUT2D eigenvalue weighted by Gasteiger charge is 2.11. The Morgan fingerprint density at radius 2 is 2.40 bits per heavy atom. The first-order valence-corrected chi connectivity index (χ1v) is 4.98. The van der Waals surface area contributed by atoms with Gasteiger partial charge in [-0.15, -0.1) is 0 Å². The van der Waals surface area contributed by atoms with Crippen molar-refractivity contribution in [3.05, 3.63) is 17.5 Å². The summed E-state index contributed by atoms with van der Waals surface area (Å²) in [5.74, 6) is 0.732. The summed E-state index contributed by atoms with van der Waals surface area (Å²) in [7, 11) is 1.82. The Kier molecular flexibility index (Phi) is 4.30. The van der Waals surface area contributed by atoms with Crippen LogP contribution in [0.1, 0.15) is 18.4 Å². The number of carbonyl (C=O) groups excluding carboxylic acids is 1. The Bertz CT molecular complexity index is 322. The molecule has 0 saturated carbocycles. The molecule has 0 radical (unpaired) electrons. The summed E-state index contributed by atoms with van der Waals surface area (Å²) < 4.78 is 4.89. The van der Waals surface area contributed by atoms with Crippen molar-refractivity contribution in [3.63, 3.8) is 0 Å². The number of aromatic nitrogens is 1. The lowest BCUT2D eigenvalue weighted by molar-refractivity contribution is -0.124. The maximum atomic E-state index is 11.5. The van der Waals surface area contributed by atoms with Gasteiger partial charge in [0.25, 0.3) is 0 Å². The summed E-state index contributed by atoms with van der Waals surface area (Å²) >= 11 is 0. The fraction of sp³-hybridized carbons (Fsp3) is 0.600. The number of nitrogens with one attached hydrogen (secondary N) is 2. The summed E-state index contributed by atoms with van der Waals surface area (Å²) in [6.07, 6.45) is 0. The SMILES string of the molecule is CNCC(C)C(=O)NCc1cc(C)on1. The normalized spacial score (nSPS) is 12.5. The zero-order chi connectivity index (χ0) is 11.3. The quantitative estimate of drug-likeness (QED) is 0.742. The van der Waals surface area contributed by atoms with Crippen LogP contribution in [-0.4, -0.2) is 24.7 Å². The van der Waals surface area contributed by atoms with Crippen molar-refractivity contribution in [2.24, 2.45) is 5.92 Å². The predicted octanol–water partition coefficient (Wildman–Crippen LogP) is 0.455. The molecule has 0 saturated heterocycles. The lowest BCUT2D eigenvalue weighted by Crippen LogP contribution is -2.33. The lowest BCUT2D eigenvalue weighted by atomic mass is 10.1. The highest BCUT2D eigenvalue weighted by Crippen LogP contribution is 2.01. The van der Waals surface area contributed by atoms with Gasteiger partial charge in [-0.2, -0.15) is 0 Å². The second-order valence-electron chi connectivity index (χ2n) is 3.61. The molecule has 1 aromatic heterocycles. The maximum Gasteiger partial charge on any atom is 0.224 e. The Morgan fingerprint density at radius 1 is 1.67 bits per heavy atom. The van der Waals surface area contributed by atoms with Gasteiger partial charge in [-0.05, 0) is 14.0 Å². The molecule has 5 heteroatoms. The second kappa shape index (κ2) is 5.50. The van der Waals surface area contributed by atoms with Gasteiger partial charge in [0.15, 0.2) is 0 Å². The first-order valence-electron chi connectivity index (χ1n) is 4.98. The molecular formula is C10H17N3O2. The number of hydrogen-bond acceptors (Lipinski definition) is 4. The minimum atomic E-state index is -0.0389. The summed E-state index contributed by atoms with van der Waals surface area (Å²) in [6.45, 7) is 4.79. The molecule has 0 aliphatic rings. The van der Waals surface area contributed by atoms with Gasteiger partial charge in [0.05, 0.1) is 6.54 Å². The summed E-state index contributed by atoms with van der Waals surface area (Å²) in [6, 6.07) is 1.81. The van der Waals surface area contributed by atoms with E-state index in [0.29, 0.717) is 13.1 Å². The van der Waals surface area contributed by atoms with Crippen molar-refractivity contribution in [3.8, 4) is 0 Å². The van der Waals surface area contributed by atoms with Crippen molar-refractivity contribution in [1.29, 1.82) is 0 Å². The summed E-state index contributed by atoms with van der Waals surface area (Å²) in [5, 5.41) is 9.54. The molecule has 1 unspecified atom stereocenters. The minimum Gasteiger partial charge on any atom is -0.361 e. The molecule has 1 amide bonds. The molecule has 0 aliphatic carbocycles. The Labute approximate surface area is 89.2 Å². The standard InChI is InChI=1S/C10H17N3O2/c1-7(5-11-3)10(14)12-6-9-4-8(2)15-13-9/h4,7,11H,5-6H2,1-3H3,(H,12,14). The van der Waals surface area contributed by atoms with Gasteiger partial charge < -0.3 is 15.2 Å². The average molecular weight is 211 g/mol. The predicted molar refractivity (Wildman–Crippen MR) is 56.2 cm³/mol. The summed E-state index contributed by atoms with van der Waals surface area (Å²) in [4.78, 5) is 11.5. The molecule has 84 valence electrons. The van der Waals surface area contributed by atoms with E-state index in [9.17, 15) is 4.79 Å². The third kappa shape index (κ3) is 3.71. The monoisotopic (exact) mass is 211 g/mol. The maximum absolute atomic E-state index is 11.5. The molecule has 1 heterocycles. The van der Waals surface area contributed by atoms with Crippen molar-refractivity contribution in [2.75, 3.05) is 13.6 Å². The molecular weight excluding hydrogens is 194 g/mol. The van der Waals surface area contributed by atoms with Crippen LogP contribution in [0.15, 0.2) is 10.6 Å². The van der Waals surface area contributed by atoms with Gasteiger partial charge in [0.1, 0.15) is 11.5 Å². The van der Waals surface area contributed by atoms with E-state index in [0.717, 1.165) is 11.5 Å². The fourth-order valence-corrected chi connectivity index (χ4v) is 1.25. The molecule has 0 aromatic carbocycles. The van der Waals surface area contributed by atoms with E-state index < -0.39 is 0 Å². The van der Waals surface area contributed by atoms with E-state index in [1.807, 2.05) is 27.0 Å². The average Bonchev–Trinajstić information content (AvgIpc) is 2.61. The third-order valence-electron chi connectivity index (χ3n) is 2.08. The van der Waals surface area contributed by atoms with Crippen molar-refractivity contribution < 1.29 is 9.32 Å². The van der Waals surface area contributed by atoms with E-state index in [4.69, 9.17) is 4.52 Å². The van der Waals surface area contributed by atoms with E-state index in [1.54, 1.807) is 0 Å². The third-order valence-corrected chi connectivity index (χ3v) is 2.08. The largest absolute Gasteiger partial charge is 0.361 e. The fourth-order valence-electron chi connectivity index (χ4n) is 1.25. The van der Waals surface area contributed by atoms with Crippen LogP contribution in [-0.2, 0) is 11.3 Å². The Hall–Kier alpha value is -1.36. The smallest absolute Gasteiger partial charge is 0.224 e. The number of hydrogen-bond donors (Lipinski definition) is 2. The first kappa shape index (κ1) is 11.7. The van der Waals surface area contributed by atoms with E-state index in [1.165, 1.54) is 0 Å². The Morgan fingerprint density at radius 3 is 2.93 bits per heavy atom. The molecule has 0 spiro atoms.